The number of hydrogen-bond donors (Lipinski definition) is 1. The highest BCUT2D eigenvalue weighted by Gasteiger charge is 2.19. The van der Waals surface area contributed by atoms with Crippen LogP contribution in [-0.4, -0.2) is 102 Å². The largest absolute Gasteiger partial charge is 0.491 e. The smallest absolute Gasteiger partial charge is 0.338 e. The molecule has 0 atom stereocenters. The van der Waals surface area contributed by atoms with E-state index in [4.69, 9.17) is 43.6 Å². The van der Waals surface area contributed by atoms with Gasteiger partial charge in [0, 0.05) is 34.2 Å². The van der Waals surface area contributed by atoms with Crippen LogP contribution in [0.1, 0.15) is 20.7 Å². The average molecular weight is 688 g/mol. The fourth-order valence-electron chi connectivity index (χ4n) is 5.10. The van der Waals surface area contributed by atoms with Gasteiger partial charge in [-0.1, -0.05) is 12.1 Å². The van der Waals surface area contributed by atoms with E-state index in [9.17, 15) is 9.59 Å². The summed E-state index contributed by atoms with van der Waals surface area (Å²) in [5.74, 6) is 0.670. The molecule has 0 radical (unpaired) electrons. The number of nitrogen functional groups attached to an aromatic ring is 1. The average Bonchev–Trinajstić information content (AvgIpc) is 3.57. The summed E-state index contributed by atoms with van der Waals surface area (Å²) >= 11 is 0. The van der Waals surface area contributed by atoms with Crippen molar-refractivity contribution in [1.29, 1.82) is 0 Å². The van der Waals surface area contributed by atoms with Crippen LogP contribution in [0.15, 0.2) is 79.1 Å². The van der Waals surface area contributed by atoms with Crippen molar-refractivity contribution in [3.8, 4) is 17.3 Å². The highest BCUT2D eigenvalue weighted by molar-refractivity contribution is 6.03. The van der Waals surface area contributed by atoms with Gasteiger partial charge in [0.25, 0.3) is 0 Å². The Morgan fingerprint density at radius 2 is 1.22 bits per heavy atom. The Morgan fingerprint density at radius 3 is 1.86 bits per heavy atom. The van der Waals surface area contributed by atoms with Crippen molar-refractivity contribution in [2.75, 3.05) is 86.0 Å². The van der Waals surface area contributed by atoms with Crippen LogP contribution in [0.3, 0.4) is 0 Å². The van der Waals surface area contributed by atoms with E-state index in [1.807, 2.05) is 65.5 Å². The number of methoxy groups -OCH3 is 2. The zero-order chi connectivity index (χ0) is 35.1. The van der Waals surface area contributed by atoms with Crippen LogP contribution in [0, 0.1) is 0 Å². The van der Waals surface area contributed by atoms with Crippen molar-refractivity contribution >= 4 is 39.3 Å². The van der Waals surface area contributed by atoms with Crippen LogP contribution >= 0.6 is 0 Å². The molecule has 0 fully saturated rings. The van der Waals surface area contributed by atoms with Gasteiger partial charge in [-0.3, -0.25) is 0 Å². The minimum atomic E-state index is -0.660. The Labute approximate surface area is 289 Å². The number of aromatic nitrogens is 2. The van der Waals surface area contributed by atoms with E-state index in [1.54, 1.807) is 6.07 Å². The van der Waals surface area contributed by atoms with Crippen molar-refractivity contribution in [2.45, 2.75) is 0 Å². The first-order chi connectivity index (χ1) is 24.5. The monoisotopic (exact) mass is 687 g/mol. The second kappa shape index (κ2) is 18.5. The number of benzene rings is 3. The summed E-state index contributed by atoms with van der Waals surface area (Å²) in [6, 6.07) is 20.3. The summed E-state index contributed by atoms with van der Waals surface area (Å²) in [6.45, 7) is 3.98. The van der Waals surface area contributed by atoms with Gasteiger partial charge in [0.15, 0.2) is 0 Å². The Balaban J connectivity index is 0.876. The van der Waals surface area contributed by atoms with E-state index in [-0.39, 0.29) is 17.7 Å². The molecule has 264 valence electrons. The number of ether oxygens (including phenoxy) is 8. The molecule has 50 heavy (non-hydrogen) atoms. The van der Waals surface area contributed by atoms with Crippen molar-refractivity contribution in [3.63, 3.8) is 0 Å². The van der Waals surface area contributed by atoms with Crippen LogP contribution in [0.5, 0.6) is 11.5 Å². The van der Waals surface area contributed by atoms with E-state index < -0.39 is 11.9 Å². The van der Waals surface area contributed by atoms with Gasteiger partial charge in [-0.25, -0.2) is 14.6 Å². The summed E-state index contributed by atoms with van der Waals surface area (Å²) in [5.41, 5.74) is 8.09. The summed E-state index contributed by atoms with van der Waals surface area (Å²) in [4.78, 5) is 28.5. The van der Waals surface area contributed by atoms with Gasteiger partial charge in [0.1, 0.15) is 30.5 Å². The lowest BCUT2D eigenvalue weighted by Gasteiger charge is -2.11. The topological polar surface area (TPSA) is 152 Å². The summed E-state index contributed by atoms with van der Waals surface area (Å²) in [5, 5.41) is 3.02. The maximum atomic E-state index is 12.0. The van der Waals surface area contributed by atoms with Gasteiger partial charge in [-0.05, 0) is 54.6 Å². The highest BCUT2D eigenvalue weighted by Crippen LogP contribution is 2.27. The van der Waals surface area contributed by atoms with Crippen LogP contribution in [0.4, 0.5) is 5.69 Å². The van der Waals surface area contributed by atoms with Crippen LogP contribution in [0.2, 0.25) is 0 Å². The van der Waals surface area contributed by atoms with Gasteiger partial charge < -0.3 is 48.2 Å². The summed E-state index contributed by atoms with van der Waals surface area (Å²) in [6.07, 6.45) is 3.83. The lowest BCUT2D eigenvalue weighted by Crippen LogP contribution is -2.15. The first-order valence-corrected chi connectivity index (χ1v) is 16.1. The van der Waals surface area contributed by atoms with Crippen molar-refractivity contribution in [1.82, 2.24) is 9.55 Å². The molecule has 0 saturated carbocycles. The third-order valence-corrected chi connectivity index (χ3v) is 7.60. The Hall–Kier alpha value is -5.21. The summed E-state index contributed by atoms with van der Waals surface area (Å²) in [7, 11) is 2.47. The Kier molecular flexibility index (Phi) is 13.4. The maximum Gasteiger partial charge on any atom is 0.338 e. The number of nitrogens with zero attached hydrogens (tertiary/aromatic N) is 2. The number of rotatable bonds is 20. The first-order valence-electron chi connectivity index (χ1n) is 16.1. The number of carbonyl (C=O) groups is 2. The fourth-order valence-corrected chi connectivity index (χ4v) is 5.10. The standard InChI is InChI=1S/C37H41N3O10/c1-43-36(41)30-8-6-29(23-32(30)37(42)44-2)50-21-19-48-17-15-46-13-12-45-14-16-47-18-20-49-28-7-9-34-26(22-28)10-11-40(34)35-24-31-27(25-39-35)4-3-5-33(31)38/h3-11,22-25H,12-21,38H2,1-2H3. The molecule has 2 aromatic heterocycles. The maximum absolute atomic E-state index is 12.0. The van der Waals surface area contributed by atoms with Gasteiger partial charge in [0.2, 0.25) is 0 Å². The zero-order valence-electron chi connectivity index (χ0n) is 28.1. The number of anilines is 1. The molecule has 2 N–H and O–H groups in total. The number of fused-ring (bicyclic) bond motifs is 2. The zero-order valence-corrected chi connectivity index (χ0v) is 28.1. The lowest BCUT2D eigenvalue weighted by atomic mass is 10.1. The minimum Gasteiger partial charge on any atom is -0.491 e. The van der Waals surface area contributed by atoms with E-state index >= 15 is 0 Å². The van der Waals surface area contributed by atoms with Crippen molar-refractivity contribution in [2.24, 2.45) is 0 Å². The van der Waals surface area contributed by atoms with Crippen LogP contribution in [-0.2, 0) is 28.4 Å². The Bertz CT molecular complexity index is 1880. The minimum absolute atomic E-state index is 0.0640. The molecular formula is C37H41N3O10. The molecule has 5 aromatic rings. The number of esters is 2. The van der Waals surface area contributed by atoms with Crippen molar-refractivity contribution < 1.29 is 47.5 Å². The van der Waals surface area contributed by atoms with Gasteiger partial charge in [-0.2, -0.15) is 0 Å². The molecular weight excluding hydrogens is 646 g/mol. The number of hydrogen-bond acceptors (Lipinski definition) is 12. The number of nitrogens with two attached hydrogens (primary N) is 1. The third-order valence-electron chi connectivity index (χ3n) is 7.60. The molecule has 0 aliphatic heterocycles. The number of pyridine rings is 1. The predicted octanol–water partition coefficient (Wildman–Crippen LogP) is 4.86. The van der Waals surface area contributed by atoms with E-state index in [1.165, 1.54) is 26.4 Å². The van der Waals surface area contributed by atoms with E-state index in [0.717, 1.165) is 38.9 Å². The molecule has 0 amide bonds. The SMILES string of the molecule is COC(=O)c1ccc(OCCOCCOCCOCCOCCOc2ccc3c(ccn3-c3cc4c(N)cccc4cn3)c2)cc1C(=O)OC. The quantitative estimate of drug-likeness (QED) is 0.0676. The van der Waals surface area contributed by atoms with Gasteiger partial charge >= 0.3 is 11.9 Å². The molecule has 13 nitrogen and oxygen atoms in total. The molecule has 0 aliphatic carbocycles. The molecule has 3 aromatic carbocycles. The third kappa shape index (κ3) is 9.70. The second-order valence-corrected chi connectivity index (χ2v) is 10.9. The van der Waals surface area contributed by atoms with Crippen molar-refractivity contribution in [3.05, 3.63) is 90.3 Å². The summed E-state index contributed by atoms with van der Waals surface area (Å²) < 4.78 is 45.2. The van der Waals surface area contributed by atoms with Crippen LogP contribution in [0.25, 0.3) is 27.5 Å². The molecule has 0 bridgehead atoms. The molecule has 0 spiro atoms. The molecule has 0 saturated heterocycles. The predicted molar refractivity (Wildman–Crippen MR) is 186 cm³/mol. The first kappa shape index (κ1) is 36.1. The molecule has 2 heterocycles. The molecule has 5 rings (SSSR count). The lowest BCUT2D eigenvalue weighted by molar-refractivity contribution is -0.00699. The second-order valence-electron chi connectivity index (χ2n) is 10.9. The Morgan fingerprint density at radius 1 is 0.640 bits per heavy atom. The number of carbonyl (C=O) groups excluding carboxylic acids is 2. The van der Waals surface area contributed by atoms with E-state index in [0.29, 0.717) is 65.2 Å². The highest BCUT2D eigenvalue weighted by atomic mass is 16.6. The fraction of sp³-hybridized carbons (Fsp3) is 0.324. The molecule has 0 aliphatic rings. The normalized spacial score (nSPS) is 11.2. The van der Waals surface area contributed by atoms with Crippen LogP contribution < -0.4 is 15.2 Å². The van der Waals surface area contributed by atoms with E-state index in [2.05, 4.69) is 4.98 Å². The van der Waals surface area contributed by atoms with Gasteiger partial charge in [-0.15, -0.1) is 0 Å². The molecule has 13 heteroatoms. The van der Waals surface area contributed by atoms with Gasteiger partial charge in [0.05, 0.1) is 83.7 Å². The molecule has 0 unspecified atom stereocenters.